The molecule has 0 fully saturated rings. The lowest BCUT2D eigenvalue weighted by Crippen LogP contribution is -2.29. The number of halogens is 1. The van der Waals surface area contributed by atoms with E-state index in [1.165, 1.54) is 0 Å². The predicted octanol–water partition coefficient (Wildman–Crippen LogP) is 1.31. The molecule has 0 radical (unpaired) electrons. The Balaban J connectivity index is 2.53. The molecule has 0 saturated heterocycles. The number of aliphatic hydroxyl groups excluding tert-OH is 1. The van der Waals surface area contributed by atoms with Gasteiger partial charge in [0.05, 0.1) is 0 Å². The third-order valence-corrected chi connectivity index (χ3v) is 2.49. The quantitative estimate of drug-likeness (QED) is 0.644. The topological polar surface area (TPSA) is 58.3 Å². The van der Waals surface area contributed by atoms with Gasteiger partial charge in [0.1, 0.15) is 0 Å². The molecule has 1 unspecified atom stereocenters. The lowest BCUT2D eigenvalue weighted by Gasteiger charge is -2.16. The number of nitrogens with two attached hydrogens (primary N) is 1. The molecule has 1 aromatic rings. The Bertz CT molecular complexity index is 276. The molecule has 0 heterocycles. The molecular formula is C11H17ClN2O. The fourth-order valence-corrected chi connectivity index (χ4v) is 1.51. The monoisotopic (exact) mass is 228 g/mol. The number of nitrogens with one attached hydrogen (secondary N) is 1. The normalized spacial score (nSPS) is 12.7. The van der Waals surface area contributed by atoms with E-state index in [0.29, 0.717) is 6.54 Å². The molecule has 0 aliphatic carbocycles. The van der Waals surface area contributed by atoms with Crippen LogP contribution in [0.5, 0.6) is 0 Å². The lowest BCUT2D eigenvalue weighted by molar-refractivity contribution is 0.283. The van der Waals surface area contributed by atoms with Crippen LogP contribution < -0.4 is 11.1 Å². The molecule has 0 saturated carbocycles. The van der Waals surface area contributed by atoms with Crippen molar-refractivity contribution in [2.24, 2.45) is 5.73 Å². The molecule has 3 nitrogen and oxygen atoms in total. The number of rotatable bonds is 6. The first-order valence-corrected chi connectivity index (χ1v) is 5.45. The SMILES string of the molecule is NCC(NCCCO)c1ccc(Cl)cc1. The Morgan fingerprint density at radius 2 is 2.00 bits per heavy atom. The second kappa shape index (κ2) is 6.80. The first-order valence-electron chi connectivity index (χ1n) is 5.07. The van der Waals surface area contributed by atoms with Gasteiger partial charge in [0.15, 0.2) is 0 Å². The molecule has 1 aromatic carbocycles. The van der Waals surface area contributed by atoms with Crippen LogP contribution in [0.25, 0.3) is 0 Å². The van der Waals surface area contributed by atoms with E-state index in [4.69, 9.17) is 22.4 Å². The van der Waals surface area contributed by atoms with E-state index in [-0.39, 0.29) is 12.6 Å². The Morgan fingerprint density at radius 3 is 2.53 bits per heavy atom. The number of benzene rings is 1. The summed E-state index contributed by atoms with van der Waals surface area (Å²) in [5, 5.41) is 12.7. The molecule has 0 spiro atoms. The highest BCUT2D eigenvalue weighted by molar-refractivity contribution is 6.30. The Labute approximate surface area is 95.2 Å². The molecular weight excluding hydrogens is 212 g/mol. The van der Waals surface area contributed by atoms with Crippen molar-refractivity contribution in [3.63, 3.8) is 0 Å². The lowest BCUT2D eigenvalue weighted by atomic mass is 10.1. The van der Waals surface area contributed by atoms with E-state index in [9.17, 15) is 0 Å². The van der Waals surface area contributed by atoms with Crippen molar-refractivity contribution < 1.29 is 5.11 Å². The highest BCUT2D eigenvalue weighted by atomic mass is 35.5. The van der Waals surface area contributed by atoms with E-state index in [2.05, 4.69) is 5.32 Å². The highest BCUT2D eigenvalue weighted by Crippen LogP contribution is 2.15. The molecule has 4 N–H and O–H groups in total. The fourth-order valence-electron chi connectivity index (χ4n) is 1.39. The summed E-state index contributed by atoms with van der Waals surface area (Å²) in [6.07, 6.45) is 0.740. The van der Waals surface area contributed by atoms with Crippen molar-refractivity contribution in [1.82, 2.24) is 5.32 Å². The average molecular weight is 229 g/mol. The van der Waals surface area contributed by atoms with Crippen LogP contribution in [0, 0.1) is 0 Å². The fraction of sp³-hybridized carbons (Fsp3) is 0.455. The maximum Gasteiger partial charge on any atom is 0.0444 e. The van der Waals surface area contributed by atoms with Crippen molar-refractivity contribution in [1.29, 1.82) is 0 Å². The summed E-state index contributed by atoms with van der Waals surface area (Å²) in [7, 11) is 0. The summed E-state index contributed by atoms with van der Waals surface area (Å²) in [6.45, 7) is 1.50. The van der Waals surface area contributed by atoms with E-state index < -0.39 is 0 Å². The summed E-state index contributed by atoms with van der Waals surface area (Å²) in [6, 6.07) is 7.77. The minimum Gasteiger partial charge on any atom is -0.396 e. The van der Waals surface area contributed by atoms with Crippen LogP contribution >= 0.6 is 11.6 Å². The van der Waals surface area contributed by atoms with Gasteiger partial charge < -0.3 is 16.2 Å². The second-order valence-corrected chi connectivity index (χ2v) is 3.81. The molecule has 0 aliphatic heterocycles. The summed E-state index contributed by atoms with van der Waals surface area (Å²) < 4.78 is 0. The molecule has 0 amide bonds. The zero-order valence-electron chi connectivity index (χ0n) is 8.62. The van der Waals surface area contributed by atoms with Gasteiger partial charge in [0.2, 0.25) is 0 Å². The van der Waals surface area contributed by atoms with Crippen LogP contribution in [0.15, 0.2) is 24.3 Å². The number of hydrogen-bond donors (Lipinski definition) is 3. The summed E-state index contributed by atoms with van der Waals surface area (Å²) in [5.41, 5.74) is 6.79. The third kappa shape index (κ3) is 4.18. The van der Waals surface area contributed by atoms with Gasteiger partial charge in [-0.3, -0.25) is 0 Å². The van der Waals surface area contributed by atoms with Crippen LogP contribution in [0.1, 0.15) is 18.0 Å². The summed E-state index contributed by atoms with van der Waals surface area (Å²) in [5.74, 6) is 0. The predicted molar refractivity (Wildman–Crippen MR) is 63.0 cm³/mol. The van der Waals surface area contributed by atoms with Crippen molar-refractivity contribution in [3.05, 3.63) is 34.9 Å². The Morgan fingerprint density at radius 1 is 1.33 bits per heavy atom. The molecule has 1 rings (SSSR count). The van der Waals surface area contributed by atoms with Gasteiger partial charge in [-0.2, -0.15) is 0 Å². The van der Waals surface area contributed by atoms with Crippen molar-refractivity contribution in [3.8, 4) is 0 Å². The average Bonchev–Trinajstić information content (AvgIpc) is 2.26. The maximum absolute atomic E-state index is 8.67. The van der Waals surface area contributed by atoms with Crippen molar-refractivity contribution in [2.75, 3.05) is 19.7 Å². The molecule has 0 aromatic heterocycles. The molecule has 0 aliphatic rings. The Kier molecular flexibility index (Phi) is 5.65. The van der Waals surface area contributed by atoms with Crippen LogP contribution in [0.3, 0.4) is 0 Å². The van der Waals surface area contributed by atoms with Gasteiger partial charge in [0, 0.05) is 24.2 Å². The van der Waals surface area contributed by atoms with Gasteiger partial charge in [-0.05, 0) is 30.7 Å². The van der Waals surface area contributed by atoms with E-state index in [1.807, 2.05) is 24.3 Å². The number of aliphatic hydroxyl groups is 1. The van der Waals surface area contributed by atoms with Crippen molar-refractivity contribution in [2.45, 2.75) is 12.5 Å². The number of hydrogen-bond acceptors (Lipinski definition) is 3. The Hall–Kier alpha value is -0.610. The van der Waals surface area contributed by atoms with E-state index in [1.54, 1.807) is 0 Å². The van der Waals surface area contributed by atoms with Crippen LogP contribution in [-0.4, -0.2) is 24.8 Å². The molecule has 84 valence electrons. The first kappa shape index (κ1) is 12.5. The third-order valence-electron chi connectivity index (χ3n) is 2.23. The molecule has 15 heavy (non-hydrogen) atoms. The van der Waals surface area contributed by atoms with Crippen LogP contribution in [0.4, 0.5) is 0 Å². The first-order chi connectivity index (χ1) is 7.27. The molecule has 0 bridgehead atoms. The standard InChI is InChI=1S/C11H17ClN2O/c12-10-4-2-9(3-5-10)11(8-13)14-6-1-7-15/h2-5,11,14-15H,1,6-8,13H2. The zero-order chi connectivity index (χ0) is 11.1. The van der Waals surface area contributed by atoms with Crippen molar-refractivity contribution >= 4 is 11.6 Å². The zero-order valence-corrected chi connectivity index (χ0v) is 9.37. The van der Waals surface area contributed by atoms with Gasteiger partial charge in [-0.25, -0.2) is 0 Å². The molecule has 1 atom stereocenters. The van der Waals surface area contributed by atoms with Gasteiger partial charge in [0.25, 0.3) is 0 Å². The minimum atomic E-state index is 0.133. The minimum absolute atomic E-state index is 0.133. The van der Waals surface area contributed by atoms with E-state index in [0.717, 1.165) is 23.6 Å². The highest BCUT2D eigenvalue weighted by Gasteiger charge is 2.07. The van der Waals surface area contributed by atoms with E-state index >= 15 is 0 Å². The molecule has 4 heteroatoms. The largest absolute Gasteiger partial charge is 0.396 e. The smallest absolute Gasteiger partial charge is 0.0444 e. The van der Waals surface area contributed by atoms with Crippen LogP contribution in [0.2, 0.25) is 5.02 Å². The van der Waals surface area contributed by atoms with Gasteiger partial charge >= 0.3 is 0 Å². The van der Waals surface area contributed by atoms with Gasteiger partial charge in [-0.1, -0.05) is 23.7 Å². The maximum atomic E-state index is 8.67. The summed E-state index contributed by atoms with van der Waals surface area (Å²) in [4.78, 5) is 0. The van der Waals surface area contributed by atoms with Crippen LogP contribution in [-0.2, 0) is 0 Å². The summed E-state index contributed by atoms with van der Waals surface area (Å²) >= 11 is 5.80. The van der Waals surface area contributed by atoms with Gasteiger partial charge in [-0.15, -0.1) is 0 Å². The second-order valence-electron chi connectivity index (χ2n) is 3.37.